The highest BCUT2D eigenvalue weighted by molar-refractivity contribution is 5.13. The molecule has 1 aromatic carbocycles. The van der Waals surface area contributed by atoms with Crippen LogP contribution in [0.4, 0.5) is 0 Å². The molecule has 5 nitrogen and oxygen atoms in total. The minimum Gasteiger partial charge on any atom is -0.379 e. The first-order chi connectivity index (χ1) is 10.9. The van der Waals surface area contributed by atoms with E-state index in [2.05, 4.69) is 0 Å². The summed E-state index contributed by atoms with van der Waals surface area (Å²) >= 11 is 0. The number of rotatable bonds is 15. The molecule has 0 N–H and O–H groups in total. The third-order valence-electron chi connectivity index (χ3n) is 2.80. The molecule has 0 aliphatic heterocycles. The Kier molecular flexibility index (Phi) is 12.9. The van der Waals surface area contributed by atoms with Crippen molar-refractivity contribution < 1.29 is 23.7 Å². The van der Waals surface area contributed by atoms with E-state index in [4.69, 9.17) is 23.7 Å². The summed E-state index contributed by atoms with van der Waals surface area (Å²) in [5.74, 6) is 0. The summed E-state index contributed by atoms with van der Waals surface area (Å²) in [6.07, 6.45) is 0. The van der Waals surface area contributed by atoms with Gasteiger partial charge in [0.15, 0.2) is 0 Å². The maximum atomic E-state index is 5.51. The van der Waals surface area contributed by atoms with Crippen molar-refractivity contribution in [3.05, 3.63) is 35.9 Å². The minimum absolute atomic E-state index is 0.577. The van der Waals surface area contributed by atoms with E-state index in [1.54, 1.807) is 0 Å². The molecule has 0 amide bonds. The van der Waals surface area contributed by atoms with Gasteiger partial charge in [-0.3, -0.25) is 0 Å². The molecule has 1 aromatic rings. The number of ether oxygens (including phenoxy) is 5. The van der Waals surface area contributed by atoms with Gasteiger partial charge in [0.25, 0.3) is 0 Å². The highest BCUT2D eigenvalue weighted by atomic mass is 16.6. The third kappa shape index (κ3) is 11.7. The molecular weight excluding hydrogens is 284 g/mol. The van der Waals surface area contributed by atoms with Crippen LogP contribution in [0.1, 0.15) is 12.5 Å². The Morgan fingerprint density at radius 1 is 0.591 bits per heavy atom. The molecule has 1 rings (SSSR count). The van der Waals surface area contributed by atoms with Crippen LogP contribution in [0.2, 0.25) is 0 Å². The molecule has 0 atom stereocenters. The Morgan fingerprint density at radius 2 is 1.05 bits per heavy atom. The van der Waals surface area contributed by atoms with Crippen molar-refractivity contribution in [2.24, 2.45) is 0 Å². The van der Waals surface area contributed by atoms with E-state index in [9.17, 15) is 0 Å². The zero-order valence-electron chi connectivity index (χ0n) is 13.5. The van der Waals surface area contributed by atoms with Gasteiger partial charge in [-0.2, -0.15) is 0 Å². The first-order valence-electron chi connectivity index (χ1n) is 7.86. The van der Waals surface area contributed by atoms with E-state index >= 15 is 0 Å². The van der Waals surface area contributed by atoms with Crippen molar-refractivity contribution >= 4 is 0 Å². The summed E-state index contributed by atoms with van der Waals surface area (Å²) in [7, 11) is 0. The molecule has 0 fully saturated rings. The van der Waals surface area contributed by atoms with Crippen LogP contribution in [0.3, 0.4) is 0 Å². The van der Waals surface area contributed by atoms with E-state index in [1.165, 1.54) is 5.56 Å². The van der Waals surface area contributed by atoms with Crippen LogP contribution in [0.15, 0.2) is 30.3 Å². The Morgan fingerprint density at radius 3 is 1.55 bits per heavy atom. The lowest BCUT2D eigenvalue weighted by molar-refractivity contribution is -0.0117. The Balaban J connectivity index is 1.73. The van der Waals surface area contributed by atoms with Gasteiger partial charge >= 0.3 is 0 Å². The van der Waals surface area contributed by atoms with Gasteiger partial charge in [0.2, 0.25) is 0 Å². The Hall–Kier alpha value is -0.980. The maximum Gasteiger partial charge on any atom is 0.0718 e. The lowest BCUT2D eigenvalue weighted by atomic mass is 10.2. The molecule has 0 spiro atoms. The fourth-order valence-electron chi connectivity index (χ4n) is 1.69. The molecule has 0 aliphatic carbocycles. The van der Waals surface area contributed by atoms with Gasteiger partial charge in [0.1, 0.15) is 0 Å². The monoisotopic (exact) mass is 312 g/mol. The molecule has 0 saturated carbocycles. The molecule has 5 heteroatoms. The lowest BCUT2D eigenvalue weighted by Gasteiger charge is -2.07. The summed E-state index contributed by atoms with van der Waals surface area (Å²) in [6, 6.07) is 10.1. The second-order valence-electron chi connectivity index (χ2n) is 4.57. The van der Waals surface area contributed by atoms with Crippen molar-refractivity contribution in [3.8, 4) is 0 Å². The largest absolute Gasteiger partial charge is 0.379 e. The normalized spacial score (nSPS) is 11.0. The standard InChI is InChI=1S/C17H28O5/c1-2-18-8-9-19-10-11-20-12-13-21-14-15-22-16-17-6-4-3-5-7-17/h3-7H,2,8-16H2,1H3. The molecular formula is C17H28O5. The van der Waals surface area contributed by atoms with Crippen molar-refractivity contribution in [1.82, 2.24) is 0 Å². The predicted octanol–water partition coefficient (Wildman–Crippen LogP) is 2.29. The average Bonchev–Trinajstić information content (AvgIpc) is 2.56. The van der Waals surface area contributed by atoms with E-state index < -0.39 is 0 Å². The van der Waals surface area contributed by atoms with Gasteiger partial charge in [-0.05, 0) is 12.5 Å². The molecule has 22 heavy (non-hydrogen) atoms. The van der Waals surface area contributed by atoms with Gasteiger partial charge in [0, 0.05) is 6.61 Å². The Bertz CT molecular complexity index is 331. The van der Waals surface area contributed by atoms with Crippen LogP contribution in [-0.2, 0) is 30.3 Å². The van der Waals surface area contributed by atoms with E-state index in [-0.39, 0.29) is 0 Å². The molecule has 0 unspecified atom stereocenters. The zero-order chi connectivity index (χ0) is 15.7. The maximum absolute atomic E-state index is 5.51. The first-order valence-corrected chi connectivity index (χ1v) is 7.86. The fourth-order valence-corrected chi connectivity index (χ4v) is 1.69. The minimum atomic E-state index is 0.577. The second kappa shape index (κ2) is 14.9. The van der Waals surface area contributed by atoms with Gasteiger partial charge in [-0.1, -0.05) is 30.3 Å². The molecule has 0 saturated heterocycles. The fraction of sp³-hybridized carbons (Fsp3) is 0.647. The van der Waals surface area contributed by atoms with Crippen LogP contribution in [0, 0.1) is 0 Å². The average molecular weight is 312 g/mol. The van der Waals surface area contributed by atoms with Crippen LogP contribution < -0.4 is 0 Å². The zero-order valence-corrected chi connectivity index (χ0v) is 13.5. The van der Waals surface area contributed by atoms with E-state index in [0.717, 1.165) is 6.61 Å². The molecule has 0 heterocycles. The van der Waals surface area contributed by atoms with Crippen LogP contribution >= 0.6 is 0 Å². The van der Waals surface area contributed by atoms with Crippen molar-refractivity contribution in [2.45, 2.75) is 13.5 Å². The number of benzene rings is 1. The van der Waals surface area contributed by atoms with Crippen molar-refractivity contribution in [2.75, 3.05) is 59.5 Å². The summed E-state index contributed by atoms with van der Waals surface area (Å²) < 4.78 is 26.8. The third-order valence-corrected chi connectivity index (χ3v) is 2.80. The van der Waals surface area contributed by atoms with Gasteiger partial charge in [-0.25, -0.2) is 0 Å². The molecule has 0 bridgehead atoms. The molecule has 0 aliphatic rings. The van der Waals surface area contributed by atoms with Crippen LogP contribution in [-0.4, -0.2) is 59.5 Å². The lowest BCUT2D eigenvalue weighted by Crippen LogP contribution is -2.13. The summed E-state index contributed by atoms with van der Waals surface area (Å²) in [6.45, 7) is 8.09. The quantitative estimate of drug-likeness (QED) is 0.465. The number of hydrogen-bond acceptors (Lipinski definition) is 5. The summed E-state index contributed by atoms with van der Waals surface area (Å²) in [5, 5.41) is 0. The smallest absolute Gasteiger partial charge is 0.0718 e. The van der Waals surface area contributed by atoms with Crippen LogP contribution in [0.25, 0.3) is 0 Å². The van der Waals surface area contributed by atoms with E-state index in [1.807, 2.05) is 37.3 Å². The summed E-state index contributed by atoms with van der Waals surface area (Å²) in [5.41, 5.74) is 1.18. The predicted molar refractivity (Wildman–Crippen MR) is 85.0 cm³/mol. The Labute approximate surface area is 133 Å². The summed E-state index contributed by atoms with van der Waals surface area (Å²) in [4.78, 5) is 0. The highest BCUT2D eigenvalue weighted by Gasteiger charge is 1.94. The second-order valence-corrected chi connectivity index (χ2v) is 4.57. The van der Waals surface area contributed by atoms with Gasteiger partial charge in [0.05, 0.1) is 59.5 Å². The highest BCUT2D eigenvalue weighted by Crippen LogP contribution is 1.99. The molecule has 0 aromatic heterocycles. The van der Waals surface area contributed by atoms with Crippen molar-refractivity contribution in [3.63, 3.8) is 0 Å². The van der Waals surface area contributed by atoms with Crippen molar-refractivity contribution in [1.29, 1.82) is 0 Å². The topological polar surface area (TPSA) is 46.2 Å². The number of hydrogen-bond donors (Lipinski definition) is 0. The SMILES string of the molecule is CCOCCOCCOCCOCCOCc1ccccc1. The molecule has 0 radical (unpaired) electrons. The van der Waals surface area contributed by atoms with E-state index in [0.29, 0.717) is 59.5 Å². The van der Waals surface area contributed by atoms with Gasteiger partial charge in [-0.15, -0.1) is 0 Å². The van der Waals surface area contributed by atoms with Gasteiger partial charge < -0.3 is 23.7 Å². The van der Waals surface area contributed by atoms with Crippen LogP contribution in [0.5, 0.6) is 0 Å². The first kappa shape index (κ1) is 19.1. The molecule has 126 valence electrons.